The smallest absolute Gasteiger partial charge is 0.345 e. The maximum Gasteiger partial charge on any atom is 0.345 e. The first-order chi connectivity index (χ1) is 13.9. The molecule has 0 saturated carbocycles. The summed E-state index contributed by atoms with van der Waals surface area (Å²) in [4.78, 5) is 41.7. The van der Waals surface area contributed by atoms with Gasteiger partial charge in [0.2, 0.25) is 5.91 Å². The van der Waals surface area contributed by atoms with Gasteiger partial charge in [-0.05, 0) is 50.1 Å². The van der Waals surface area contributed by atoms with Gasteiger partial charge < -0.3 is 25.1 Å². The highest BCUT2D eigenvalue weighted by Crippen LogP contribution is 2.21. The van der Waals surface area contributed by atoms with Gasteiger partial charge in [0.25, 0.3) is 6.47 Å². The molecule has 29 heavy (non-hydrogen) atoms. The number of fused-ring (bicyclic) bond motifs is 1. The van der Waals surface area contributed by atoms with Crippen LogP contribution in [-0.4, -0.2) is 39.5 Å². The molecule has 0 spiro atoms. The molecule has 2 heterocycles. The number of amides is 1. The second-order valence-corrected chi connectivity index (χ2v) is 6.36. The van der Waals surface area contributed by atoms with Crippen LogP contribution in [0.1, 0.15) is 29.1 Å². The van der Waals surface area contributed by atoms with Crippen LogP contribution in [0.25, 0.3) is 10.9 Å². The Kier molecular flexibility index (Phi) is 7.53. The Labute approximate surface area is 167 Å². The van der Waals surface area contributed by atoms with Crippen LogP contribution in [0.15, 0.2) is 29.1 Å². The van der Waals surface area contributed by atoms with Gasteiger partial charge in [0.05, 0.1) is 13.7 Å². The number of aromatic amines is 2. The first-order valence-electron chi connectivity index (χ1n) is 8.94. The summed E-state index contributed by atoms with van der Waals surface area (Å²) in [6, 6.07) is 7.79. The van der Waals surface area contributed by atoms with E-state index in [2.05, 4.69) is 20.3 Å². The third kappa shape index (κ3) is 5.93. The largest absolute Gasteiger partial charge is 0.497 e. The van der Waals surface area contributed by atoms with E-state index in [1.807, 2.05) is 31.2 Å². The number of ether oxygens (including phenoxy) is 1. The molecular weight excluding hydrogens is 376 g/mol. The minimum Gasteiger partial charge on any atom is -0.497 e. The summed E-state index contributed by atoms with van der Waals surface area (Å²) in [6.45, 7) is 3.79. The van der Waals surface area contributed by atoms with E-state index in [9.17, 15) is 9.59 Å². The van der Waals surface area contributed by atoms with Crippen LogP contribution in [0.2, 0.25) is 0 Å². The lowest BCUT2D eigenvalue weighted by Crippen LogP contribution is -2.24. The molecule has 2 aromatic heterocycles. The standard InChI is InChI=1S/C19H22N4O3.CH2O2/c1-11-16(12(2)22-19(25)21-11)5-7-18(24)20-10-14-8-13-9-15(26-3)4-6-17(13)23-14;2-1-3/h4,6,8-9,23H,5,7,10H2,1-3H3,(H,20,24)(H,21,22,25);1H,(H,2,3). The lowest BCUT2D eigenvalue weighted by molar-refractivity contribution is -0.123. The van der Waals surface area contributed by atoms with E-state index in [4.69, 9.17) is 14.6 Å². The number of nitrogens with zero attached hydrogens (tertiary/aromatic N) is 1. The number of aromatic nitrogens is 3. The summed E-state index contributed by atoms with van der Waals surface area (Å²) < 4.78 is 5.22. The molecule has 1 aromatic carbocycles. The van der Waals surface area contributed by atoms with Crippen molar-refractivity contribution in [2.75, 3.05) is 7.11 Å². The van der Waals surface area contributed by atoms with Crippen LogP contribution < -0.4 is 15.7 Å². The van der Waals surface area contributed by atoms with Crippen molar-refractivity contribution in [2.45, 2.75) is 33.2 Å². The van der Waals surface area contributed by atoms with Crippen molar-refractivity contribution in [1.82, 2.24) is 20.3 Å². The zero-order valence-corrected chi connectivity index (χ0v) is 16.5. The molecule has 0 aliphatic heterocycles. The number of methoxy groups -OCH3 is 1. The first kappa shape index (κ1) is 21.7. The molecule has 0 aliphatic carbocycles. The molecule has 0 aliphatic rings. The van der Waals surface area contributed by atoms with Gasteiger partial charge in [0.1, 0.15) is 5.75 Å². The average Bonchev–Trinajstić information content (AvgIpc) is 3.08. The van der Waals surface area contributed by atoms with Crippen LogP contribution in [0, 0.1) is 13.8 Å². The van der Waals surface area contributed by atoms with Crippen LogP contribution in [0.5, 0.6) is 5.75 Å². The van der Waals surface area contributed by atoms with Crippen molar-refractivity contribution in [3.05, 3.63) is 57.4 Å². The fourth-order valence-corrected chi connectivity index (χ4v) is 3.04. The average molecular weight is 400 g/mol. The first-order valence-corrected chi connectivity index (χ1v) is 8.94. The summed E-state index contributed by atoms with van der Waals surface area (Å²) in [5.41, 5.74) is 3.92. The quantitative estimate of drug-likeness (QED) is 0.466. The number of carbonyl (C=O) groups excluding carboxylic acids is 1. The topological polar surface area (TPSA) is 137 Å². The minimum absolute atomic E-state index is 0.0498. The maximum absolute atomic E-state index is 12.2. The highest BCUT2D eigenvalue weighted by molar-refractivity contribution is 5.82. The lowest BCUT2D eigenvalue weighted by Gasteiger charge is -2.08. The SMILES string of the molecule is COc1ccc2[nH]c(CNC(=O)CCc3c(C)nc(=O)[nH]c3C)cc2c1.O=CO. The van der Waals surface area contributed by atoms with Crippen LogP contribution >= 0.6 is 0 Å². The summed E-state index contributed by atoms with van der Waals surface area (Å²) in [5, 5.41) is 10.8. The van der Waals surface area contributed by atoms with E-state index in [-0.39, 0.29) is 18.1 Å². The number of nitrogens with one attached hydrogen (secondary N) is 3. The molecule has 0 radical (unpaired) electrons. The molecule has 1 amide bonds. The van der Waals surface area contributed by atoms with Crippen molar-refractivity contribution >= 4 is 23.3 Å². The van der Waals surface area contributed by atoms with E-state index in [0.29, 0.717) is 25.1 Å². The molecule has 0 bridgehead atoms. The molecule has 9 nitrogen and oxygen atoms in total. The van der Waals surface area contributed by atoms with Gasteiger partial charge in [-0.25, -0.2) is 4.79 Å². The zero-order valence-electron chi connectivity index (χ0n) is 16.5. The monoisotopic (exact) mass is 400 g/mol. The number of H-pyrrole nitrogens is 2. The van der Waals surface area contributed by atoms with Crippen molar-refractivity contribution in [1.29, 1.82) is 0 Å². The zero-order chi connectivity index (χ0) is 21.4. The van der Waals surface area contributed by atoms with Crippen molar-refractivity contribution < 1.29 is 19.4 Å². The van der Waals surface area contributed by atoms with Crippen LogP contribution in [-0.2, 0) is 22.6 Å². The van der Waals surface area contributed by atoms with Gasteiger partial charge in [-0.1, -0.05) is 0 Å². The Morgan fingerprint density at radius 1 is 1.28 bits per heavy atom. The molecule has 4 N–H and O–H groups in total. The van der Waals surface area contributed by atoms with E-state index < -0.39 is 0 Å². The normalized spacial score (nSPS) is 10.2. The molecular formula is C20H24N4O5. The van der Waals surface area contributed by atoms with Crippen molar-refractivity contribution in [3.8, 4) is 5.75 Å². The summed E-state index contributed by atoms with van der Waals surface area (Å²) in [5.74, 6) is 0.749. The fraction of sp³-hybridized carbons (Fsp3) is 0.300. The number of hydrogen-bond donors (Lipinski definition) is 4. The van der Waals surface area contributed by atoms with E-state index in [0.717, 1.165) is 33.6 Å². The molecule has 0 saturated heterocycles. The number of rotatable bonds is 6. The Balaban J connectivity index is 0.000000941. The fourth-order valence-electron chi connectivity index (χ4n) is 3.04. The predicted octanol–water partition coefficient (Wildman–Crippen LogP) is 1.83. The van der Waals surface area contributed by atoms with Gasteiger partial charge in [-0.3, -0.25) is 9.59 Å². The van der Waals surface area contributed by atoms with Gasteiger partial charge in [-0.2, -0.15) is 4.98 Å². The van der Waals surface area contributed by atoms with E-state index in [1.54, 1.807) is 14.0 Å². The molecule has 0 atom stereocenters. The second kappa shape index (κ2) is 10.1. The molecule has 154 valence electrons. The summed E-state index contributed by atoms with van der Waals surface area (Å²) in [6.07, 6.45) is 0.876. The molecule has 9 heteroatoms. The number of hydrogen-bond acceptors (Lipinski definition) is 5. The third-order valence-corrected chi connectivity index (χ3v) is 4.41. The molecule has 0 unspecified atom stereocenters. The van der Waals surface area contributed by atoms with Crippen molar-refractivity contribution in [2.24, 2.45) is 0 Å². The van der Waals surface area contributed by atoms with Crippen molar-refractivity contribution in [3.63, 3.8) is 0 Å². The highest BCUT2D eigenvalue weighted by Gasteiger charge is 2.10. The predicted molar refractivity (Wildman–Crippen MR) is 108 cm³/mol. The van der Waals surface area contributed by atoms with E-state index >= 15 is 0 Å². The third-order valence-electron chi connectivity index (χ3n) is 4.41. The highest BCUT2D eigenvalue weighted by atomic mass is 16.5. The Bertz CT molecular complexity index is 1030. The maximum atomic E-state index is 12.2. The number of benzene rings is 1. The van der Waals surface area contributed by atoms with Gasteiger partial charge in [0.15, 0.2) is 0 Å². The van der Waals surface area contributed by atoms with Gasteiger partial charge in [-0.15, -0.1) is 0 Å². The summed E-state index contributed by atoms with van der Waals surface area (Å²) in [7, 11) is 1.64. The lowest BCUT2D eigenvalue weighted by atomic mass is 10.1. The minimum atomic E-state index is -0.358. The number of carboxylic acid groups (broad SMARTS) is 1. The molecule has 3 rings (SSSR count). The molecule has 3 aromatic rings. The van der Waals surface area contributed by atoms with Crippen LogP contribution in [0.4, 0.5) is 0 Å². The summed E-state index contributed by atoms with van der Waals surface area (Å²) >= 11 is 0. The Morgan fingerprint density at radius 2 is 2.00 bits per heavy atom. The van der Waals surface area contributed by atoms with Gasteiger partial charge >= 0.3 is 5.69 Å². The Hall–Kier alpha value is -3.62. The number of aryl methyl sites for hydroxylation is 2. The van der Waals surface area contributed by atoms with Gasteiger partial charge in [0, 0.05) is 34.4 Å². The Morgan fingerprint density at radius 3 is 2.66 bits per heavy atom. The second-order valence-electron chi connectivity index (χ2n) is 6.36. The molecule has 0 fully saturated rings. The number of carbonyl (C=O) groups is 2. The van der Waals surface area contributed by atoms with E-state index in [1.165, 1.54) is 0 Å². The van der Waals surface area contributed by atoms with Crippen LogP contribution in [0.3, 0.4) is 0 Å².